The van der Waals surface area contributed by atoms with Gasteiger partial charge in [-0.2, -0.15) is 0 Å². The standard InChI is InChI=1S/C23H29N3O3S/c1-25(14-18-15-30-16-24-18)22(28)19-13-23(19)7-10-26(11-8-23)9-3-4-17-5-6-20(27)21(12-17)29-2/h3-6,12,15-16,19,27H,7-11,13-14H2,1-2H3. The Morgan fingerprint density at radius 1 is 1.43 bits per heavy atom. The average molecular weight is 428 g/mol. The number of rotatable bonds is 7. The van der Waals surface area contributed by atoms with Gasteiger partial charge in [0.05, 0.1) is 24.9 Å². The van der Waals surface area contributed by atoms with Crippen molar-refractivity contribution in [2.75, 3.05) is 33.8 Å². The Bertz CT molecular complexity index is 904. The largest absolute Gasteiger partial charge is 0.504 e. The highest BCUT2D eigenvalue weighted by Gasteiger charge is 2.58. The van der Waals surface area contributed by atoms with Crippen LogP contribution in [-0.4, -0.2) is 59.6 Å². The van der Waals surface area contributed by atoms with Gasteiger partial charge in [0.2, 0.25) is 5.91 Å². The first kappa shape index (κ1) is 20.9. The van der Waals surface area contributed by atoms with Gasteiger partial charge in [0.25, 0.3) is 0 Å². The molecule has 0 bridgehead atoms. The summed E-state index contributed by atoms with van der Waals surface area (Å²) < 4.78 is 5.16. The molecule has 1 aliphatic heterocycles. The van der Waals surface area contributed by atoms with Gasteiger partial charge >= 0.3 is 0 Å². The number of hydrogen-bond donors (Lipinski definition) is 1. The monoisotopic (exact) mass is 427 g/mol. The minimum atomic E-state index is 0.154. The first-order valence-electron chi connectivity index (χ1n) is 10.4. The lowest BCUT2D eigenvalue weighted by Gasteiger charge is -2.32. The van der Waals surface area contributed by atoms with Crippen LogP contribution in [-0.2, 0) is 11.3 Å². The van der Waals surface area contributed by atoms with E-state index in [-0.39, 0.29) is 23.0 Å². The van der Waals surface area contributed by atoms with E-state index in [4.69, 9.17) is 4.74 Å². The maximum Gasteiger partial charge on any atom is 0.226 e. The molecule has 30 heavy (non-hydrogen) atoms. The number of benzene rings is 1. The van der Waals surface area contributed by atoms with E-state index >= 15 is 0 Å². The molecule has 1 saturated heterocycles. The lowest BCUT2D eigenvalue weighted by Crippen LogP contribution is -2.37. The van der Waals surface area contributed by atoms with Crippen molar-refractivity contribution in [3.8, 4) is 11.5 Å². The molecule has 2 fully saturated rings. The average Bonchev–Trinajstić information content (AvgIpc) is 3.19. The number of methoxy groups -OCH3 is 1. The molecule has 1 saturated carbocycles. The van der Waals surface area contributed by atoms with Crippen LogP contribution in [0.2, 0.25) is 0 Å². The van der Waals surface area contributed by atoms with Gasteiger partial charge in [0.1, 0.15) is 0 Å². The van der Waals surface area contributed by atoms with Crippen LogP contribution in [0.3, 0.4) is 0 Å². The molecular formula is C23H29N3O3S. The molecule has 1 aromatic carbocycles. The molecule has 2 aromatic rings. The molecule has 2 heterocycles. The number of aromatic nitrogens is 1. The number of carbonyl (C=O) groups excluding carboxylic acids is 1. The Hall–Kier alpha value is -2.38. The molecule has 6 nitrogen and oxygen atoms in total. The van der Waals surface area contributed by atoms with E-state index in [1.807, 2.05) is 35.0 Å². The fourth-order valence-electron chi connectivity index (χ4n) is 4.47. The van der Waals surface area contributed by atoms with E-state index in [9.17, 15) is 9.90 Å². The van der Waals surface area contributed by atoms with E-state index in [0.29, 0.717) is 12.3 Å². The topological polar surface area (TPSA) is 65.9 Å². The zero-order valence-electron chi connectivity index (χ0n) is 17.6. The molecule has 160 valence electrons. The van der Waals surface area contributed by atoms with Gasteiger partial charge in [0.15, 0.2) is 11.5 Å². The van der Waals surface area contributed by atoms with Crippen LogP contribution >= 0.6 is 11.3 Å². The summed E-state index contributed by atoms with van der Waals surface area (Å²) >= 11 is 1.57. The smallest absolute Gasteiger partial charge is 0.226 e. The SMILES string of the molecule is COc1cc(C=CCN2CCC3(CC2)CC3C(=O)N(C)Cc2cscn2)ccc1O. The van der Waals surface area contributed by atoms with Crippen molar-refractivity contribution in [1.82, 2.24) is 14.8 Å². The number of amides is 1. The second-order valence-electron chi connectivity index (χ2n) is 8.43. The van der Waals surface area contributed by atoms with Gasteiger partial charge in [-0.1, -0.05) is 18.2 Å². The number of nitrogens with zero attached hydrogens (tertiary/aromatic N) is 3. The van der Waals surface area contributed by atoms with Crippen molar-refractivity contribution in [2.24, 2.45) is 11.3 Å². The molecule has 2 aliphatic rings. The lowest BCUT2D eigenvalue weighted by atomic mass is 9.90. The number of phenols is 1. The Labute approximate surface area is 181 Å². The summed E-state index contributed by atoms with van der Waals surface area (Å²) in [6.45, 7) is 3.56. The molecule has 4 rings (SSSR count). The molecule has 1 spiro atoms. The highest BCUT2D eigenvalue weighted by atomic mass is 32.1. The summed E-state index contributed by atoms with van der Waals surface area (Å²) in [4.78, 5) is 21.4. The van der Waals surface area contributed by atoms with Crippen LogP contribution in [0.15, 0.2) is 35.2 Å². The first-order valence-corrected chi connectivity index (χ1v) is 11.3. The molecule has 1 atom stereocenters. The second kappa shape index (κ2) is 8.78. The molecule has 7 heteroatoms. The Morgan fingerprint density at radius 3 is 2.93 bits per heavy atom. The van der Waals surface area contributed by atoms with Crippen molar-refractivity contribution in [2.45, 2.75) is 25.8 Å². The second-order valence-corrected chi connectivity index (χ2v) is 9.15. The zero-order chi connectivity index (χ0) is 21.1. The number of ether oxygens (including phenoxy) is 1. The third-order valence-electron chi connectivity index (χ3n) is 6.48. The van der Waals surface area contributed by atoms with E-state index in [2.05, 4.69) is 22.0 Å². The van der Waals surface area contributed by atoms with E-state index < -0.39 is 0 Å². The number of likely N-dealkylation sites (tertiary alicyclic amines) is 1. The summed E-state index contributed by atoms with van der Waals surface area (Å²) in [5.74, 6) is 1.10. The predicted molar refractivity (Wildman–Crippen MR) is 118 cm³/mol. The van der Waals surface area contributed by atoms with Gasteiger partial charge in [-0.25, -0.2) is 4.98 Å². The van der Waals surface area contributed by atoms with E-state index in [0.717, 1.165) is 50.2 Å². The van der Waals surface area contributed by atoms with Crippen LogP contribution in [0, 0.1) is 11.3 Å². The van der Waals surface area contributed by atoms with Crippen molar-refractivity contribution in [3.63, 3.8) is 0 Å². The Balaban J connectivity index is 1.24. The van der Waals surface area contributed by atoms with Crippen LogP contribution in [0.1, 0.15) is 30.5 Å². The molecular weight excluding hydrogens is 398 g/mol. The molecule has 0 radical (unpaired) electrons. The molecule has 1 unspecified atom stereocenters. The first-order chi connectivity index (χ1) is 14.5. The minimum absolute atomic E-state index is 0.154. The highest BCUT2D eigenvalue weighted by molar-refractivity contribution is 7.07. The maximum atomic E-state index is 12.8. The summed E-state index contributed by atoms with van der Waals surface area (Å²) in [5, 5.41) is 11.7. The number of carbonyl (C=O) groups is 1. The van der Waals surface area contributed by atoms with Crippen molar-refractivity contribution >= 4 is 23.3 Å². The lowest BCUT2D eigenvalue weighted by molar-refractivity contribution is -0.133. The Kier molecular flexibility index (Phi) is 6.11. The highest BCUT2D eigenvalue weighted by Crippen LogP contribution is 2.60. The third-order valence-corrected chi connectivity index (χ3v) is 7.11. The normalized spacial score (nSPS) is 20.5. The summed E-state index contributed by atoms with van der Waals surface area (Å²) in [5.41, 5.74) is 4.01. The molecule has 1 amide bonds. The van der Waals surface area contributed by atoms with Crippen molar-refractivity contribution in [3.05, 3.63) is 46.4 Å². The number of aromatic hydroxyl groups is 1. The Morgan fingerprint density at radius 2 is 2.23 bits per heavy atom. The number of hydrogen-bond acceptors (Lipinski definition) is 6. The van der Waals surface area contributed by atoms with E-state index in [1.54, 1.807) is 24.5 Å². The fourth-order valence-corrected chi connectivity index (χ4v) is 5.02. The summed E-state index contributed by atoms with van der Waals surface area (Å²) in [7, 11) is 3.45. The van der Waals surface area contributed by atoms with Gasteiger partial charge in [-0.05, 0) is 55.5 Å². The maximum absolute atomic E-state index is 12.8. The fraction of sp³-hybridized carbons (Fsp3) is 0.478. The van der Waals surface area contributed by atoms with Gasteiger partial charge < -0.3 is 14.7 Å². The number of piperidine rings is 1. The van der Waals surface area contributed by atoms with Gasteiger partial charge in [0, 0.05) is 24.9 Å². The summed E-state index contributed by atoms with van der Waals surface area (Å²) in [6, 6.07) is 5.36. The number of thiazole rings is 1. The molecule has 1 N–H and O–H groups in total. The van der Waals surface area contributed by atoms with Crippen molar-refractivity contribution < 1.29 is 14.6 Å². The molecule has 1 aliphatic carbocycles. The van der Waals surface area contributed by atoms with Crippen molar-refractivity contribution in [1.29, 1.82) is 0 Å². The van der Waals surface area contributed by atoms with Crippen LogP contribution in [0.5, 0.6) is 11.5 Å². The predicted octanol–water partition coefficient (Wildman–Crippen LogP) is 3.63. The third kappa shape index (κ3) is 4.52. The minimum Gasteiger partial charge on any atom is -0.504 e. The van der Waals surface area contributed by atoms with E-state index in [1.165, 1.54) is 0 Å². The zero-order valence-corrected chi connectivity index (χ0v) is 18.4. The van der Waals surface area contributed by atoms with Gasteiger partial charge in [-0.3, -0.25) is 9.69 Å². The van der Waals surface area contributed by atoms with Crippen LogP contribution in [0.4, 0.5) is 0 Å². The quantitative estimate of drug-likeness (QED) is 0.731. The summed E-state index contributed by atoms with van der Waals surface area (Å²) in [6.07, 6.45) is 7.43. The van der Waals surface area contributed by atoms with Crippen LogP contribution in [0.25, 0.3) is 6.08 Å². The molecule has 1 aromatic heterocycles. The van der Waals surface area contributed by atoms with Crippen LogP contribution < -0.4 is 4.74 Å². The number of phenolic OH excluding ortho intramolecular Hbond substituents is 1. The van der Waals surface area contributed by atoms with Gasteiger partial charge in [-0.15, -0.1) is 11.3 Å².